The summed E-state index contributed by atoms with van der Waals surface area (Å²) in [6, 6.07) is 0. The SMILES string of the molecule is CCCCCCCCCCCCCCCCCC(S)(COC)C(=O)O. The summed E-state index contributed by atoms with van der Waals surface area (Å²) in [6.45, 7) is 2.44. The number of aliphatic carboxylic acids is 1. The van der Waals surface area contributed by atoms with Gasteiger partial charge in [0.2, 0.25) is 0 Å². The van der Waals surface area contributed by atoms with Crippen molar-refractivity contribution < 1.29 is 14.6 Å². The van der Waals surface area contributed by atoms with Gasteiger partial charge in [-0.15, -0.1) is 0 Å². The zero-order valence-electron chi connectivity index (χ0n) is 16.7. The molecule has 0 bridgehead atoms. The van der Waals surface area contributed by atoms with E-state index in [9.17, 15) is 9.90 Å². The Kier molecular flexibility index (Phi) is 17.1. The summed E-state index contributed by atoms with van der Waals surface area (Å²) in [4.78, 5) is 11.2. The van der Waals surface area contributed by atoms with Crippen LogP contribution >= 0.6 is 12.6 Å². The van der Waals surface area contributed by atoms with Crippen LogP contribution < -0.4 is 0 Å². The van der Waals surface area contributed by atoms with Crippen molar-refractivity contribution in [2.75, 3.05) is 13.7 Å². The fourth-order valence-corrected chi connectivity index (χ4v) is 3.56. The van der Waals surface area contributed by atoms with Crippen molar-refractivity contribution in [1.82, 2.24) is 0 Å². The van der Waals surface area contributed by atoms with Crippen LogP contribution in [-0.4, -0.2) is 29.5 Å². The van der Waals surface area contributed by atoms with Crippen LogP contribution in [0.2, 0.25) is 0 Å². The molecule has 0 rings (SSSR count). The molecule has 0 aliphatic heterocycles. The minimum Gasteiger partial charge on any atom is -0.480 e. The Labute approximate surface area is 161 Å². The Bertz CT molecular complexity index is 310. The lowest BCUT2D eigenvalue weighted by molar-refractivity contribution is -0.141. The molecular weight excluding hydrogens is 332 g/mol. The van der Waals surface area contributed by atoms with E-state index in [0.29, 0.717) is 6.42 Å². The highest BCUT2D eigenvalue weighted by Gasteiger charge is 2.33. The van der Waals surface area contributed by atoms with Crippen molar-refractivity contribution in [3.05, 3.63) is 0 Å². The second-order valence-electron chi connectivity index (χ2n) is 7.47. The molecule has 0 aromatic rings. The number of methoxy groups -OCH3 is 1. The quantitative estimate of drug-likeness (QED) is 0.196. The van der Waals surface area contributed by atoms with Crippen LogP contribution in [0.1, 0.15) is 110 Å². The average Bonchev–Trinajstić information content (AvgIpc) is 2.58. The Hall–Kier alpha value is -0.220. The molecule has 4 heteroatoms. The third kappa shape index (κ3) is 14.6. The molecule has 0 spiro atoms. The van der Waals surface area contributed by atoms with Crippen LogP contribution in [0.5, 0.6) is 0 Å². The number of rotatable bonds is 19. The summed E-state index contributed by atoms with van der Waals surface area (Å²) in [5.41, 5.74) is 0. The molecule has 0 saturated heterocycles. The molecule has 0 aromatic heterocycles. The maximum atomic E-state index is 11.2. The van der Waals surface area contributed by atoms with Gasteiger partial charge in [0.15, 0.2) is 0 Å². The average molecular weight is 375 g/mol. The molecular formula is C21H42O3S. The molecule has 1 atom stereocenters. The third-order valence-corrected chi connectivity index (χ3v) is 5.52. The second-order valence-corrected chi connectivity index (χ2v) is 8.33. The Morgan fingerprint density at radius 2 is 1.16 bits per heavy atom. The first kappa shape index (κ1) is 24.8. The summed E-state index contributed by atoms with van der Waals surface area (Å²) in [7, 11) is 1.53. The molecule has 0 radical (unpaired) electrons. The van der Waals surface area contributed by atoms with Crippen LogP contribution in [-0.2, 0) is 9.53 Å². The van der Waals surface area contributed by atoms with E-state index in [4.69, 9.17) is 4.74 Å². The van der Waals surface area contributed by atoms with Gasteiger partial charge < -0.3 is 9.84 Å². The number of carboxylic acids is 1. The van der Waals surface area contributed by atoms with Gasteiger partial charge in [-0.2, -0.15) is 12.6 Å². The Morgan fingerprint density at radius 3 is 1.48 bits per heavy atom. The number of carboxylic acid groups (broad SMARTS) is 1. The first-order valence-electron chi connectivity index (χ1n) is 10.5. The van der Waals surface area contributed by atoms with E-state index in [2.05, 4.69) is 19.6 Å². The van der Waals surface area contributed by atoms with E-state index in [1.807, 2.05) is 0 Å². The molecule has 0 heterocycles. The minimum atomic E-state index is -1.02. The van der Waals surface area contributed by atoms with E-state index in [1.165, 1.54) is 90.6 Å². The molecule has 1 unspecified atom stereocenters. The largest absolute Gasteiger partial charge is 0.480 e. The van der Waals surface area contributed by atoms with E-state index >= 15 is 0 Å². The maximum Gasteiger partial charge on any atom is 0.321 e. The first-order valence-corrected chi connectivity index (χ1v) is 11.0. The summed E-state index contributed by atoms with van der Waals surface area (Å²) in [5, 5.41) is 9.22. The van der Waals surface area contributed by atoms with Gasteiger partial charge in [-0.05, 0) is 6.42 Å². The highest BCUT2D eigenvalue weighted by Crippen LogP contribution is 2.24. The van der Waals surface area contributed by atoms with Crippen LogP contribution in [0.3, 0.4) is 0 Å². The molecule has 0 aliphatic rings. The number of hydrogen-bond donors (Lipinski definition) is 2. The zero-order valence-corrected chi connectivity index (χ0v) is 17.6. The van der Waals surface area contributed by atoms with Crippen molar-refractivity contribution in [3.63, 3.8) is 0 Å². The monoisotopic (exact) mass is 374 g/mol. The van der Waals surface area contributed by atoms with Gasteiger partial charge in [0.05, 0.1) is 6.61 Å². The lowest BCUT2D eigenvalue weighted by Gasteiger charge is -2.22. The van der Waals surface area contributed by atoms with E-state index in [-0.39, 0.29) is 6.61 Å². The van der Waals surface area contributed by atoms with Gasteiger partial charge in [0.1, 0.15) is 4.75 Å². The molecule has 0 aliphatic carbocycles. The molecule has 0 fully saturated rings. The van der Waals surface area contributed by atoms with Gasteiger partial charge in [0.25, 0.3) is 0 Å². The third-order valence-electron chi connectivity index (χ3n) is 4.98. The summed E-state index contributed by atoms with van der Waals surface area (Å²) in [5.74, 6) is -0.872. The number of unbranched alkanes of at least 4 members (excludes halogenated alkanes) is 14. The predicted octanol–water partition coefficient (Wildman–Crippen LogP) is 6.65. The van der Waals surface area contributed by atoms with Crippen LogP contribution in [0.15, 0.2) is 0 Å². The van der Waals surface area contributed by atoms with Gasteiger partial charge in [-0.3, -0.25) is 4.79 Å². The van der Waals surface area contributed by atoms with Gasteiger partial charge in [0, 0.05) is 7.11 Å². The highest BCUT2D eigenvalue weighted by molar-refractivity contribution is 7.82. The first-order chi connectivity index (χ1) is 12.1. The normalized spacial score (nSPS) is 13.7. The molecule has 3 nitrogen and oxygen atoms in total. The van der Waals surface area contributed by atoms with E-state index < -0.39 is 10.7 Å². The number of thiol groups is 1. The smallest absolute Gasteiger partial charge is 0.321 e. The fraction of sp³-hybridized carbons (Fsp3) is 0.952. The molecule has 25 heavy (non-hydrogen) atoms. The van der Waals surface area contributed by atoms with Crippen LogP contribution in [0, 0.1) is 0 Å². The van der Waals surface area contributed by atoms with Gasteiger partial charge in [-0.25, -0.2) is 0 Å². The van der Waals surface area contributed by atoms with E-state index in [1.54, 1.807) is 0 Å². The topological polar surface area (TPSA) is 46.5 Å². The number of hydrogen-bond acceptors (Lipinski definition) is 3. The van der Waals surface area contributed by atoms with Crippen molar-refractivity contribution in [1.29, 1.82) is 0 Å². The standard InChI is InChI=1S/C21H42O3S/c1-3-4-5-6-7-8-9-10-11-12-13-14-15-16-17-18-21(25,19-24-2)20(22)23/h25H,3-19H2,1-2H3,(H,22,23). The molecule has 150 valence electrons. The predicted molar refractivity (Wildman–Crippen MR) is 111 cm³/mol. The number of ether oxygens (including phenoxy) is 1. The second kappa shape index (κ2) is 17.2. The minimum absolute atomic E-state index is 0.171. The lowest BCUT2D eigenvalue weighted by atomic mass is 9.99. The highest BCUT2D eigenvalue weighted by atomic mass is 32.1. The summed E-state index contributed by atoms with van der Waals surface area (Å²) in [6.07, 6.45) is 20.3. The Morgan fingerprint density at radius 1 is 0.800 bits per heavy atom. The lowest BCUT2D eigenvalue weighted by Crippen LogP contribution is -2.37. The molecule has 0 aromatic carbocycles. The van der Waals surface area contributed by atoms with Crippen LogP contribution in [0.4, 0.5) is 0 Å². The molecule has 1 N–H and O–H groups in total. The maximum absolute atomic E-state index is 11.2. The Balaban J connectivity index is 3.32. The summed E-state index contributed by atoms with van der Waals surface area (Å²) < 4.78 is 3.96. The van der Waals surface area contributed by atoms with Crippen LogP contribution in [0.25, 0.3) is 0 Å². The van der Waals surface area contributed by atoms with Crippen molar-refractivity contribution in [2.24, 2.45) is 0 Å². The zero-order chi connectivity index (χ0) is 18.8. The van der Waals surface area contributed by atoms with Gasteiger partial charge >= 0.3 is 5.97 Å². The van der Waals surface area contributed by atoms with Crippen molar-refractivity contribution in [2.45, 2.75) is 114 Å². The number of carbonyl (C=O) groups is 1. The van der Waals surface area contributed by atoms with Crippen molar-refractivity contribution in [3.8, 4) is 0 Å². The molecule has 0 amide bonds. The summed E-state index contributed by atoms with van der Waals surface area (Å²) >= 11 is 4.29. The van der Waals surface area contributed by atoms with Crippen molar-refractivity contribution >= 4 is 18.6 Å². The van der Waals surface area contributed by atoms with E-state index in [0.717, 1.165) is 12.8 Å². The molecule has 0 saturated carbocycles. The fourth-order valence-electron chi connectivity index (χ4n) is 3.27. The van der Waals surface area contributed by atoms with Gasteiger partial charge in [-0.1, -0.05) is 103 Å².